The van der Waals surface area contributed by atoms with E-state index in [1.54, 1.807) is 0 Å². The molecule has 1 aliphatic rings. The van der Waals surface area contributed by atoms with Crippen molar-refractivity contribution in [2.75, 3.05) is 32.5 Å². The highest BCUT2D eigenvalue weighted by molar-refractivity contribution is 6.03. The standard InChI is InChI=1S/C16H13F6NO5/c1-26-13(24)9-6-28-7-23(12(9)14(25)27-2)11-5-8(15(17,18)19)3-4-10(11)16(20,21)22/h3-5H,6-7H2,1-2H3. The average molecular weight is 413 g/mol. The van der Waals surface area contributed by atoms with Crippen LogP contribution in [0.25, 0.3) is 0 Å². The van der Waals surface area contributed by atoms with Crippen molar-refractivity contribution in [1.29, 1.82) is 0 Å². The Labute approximate surface area is 154 Å². The number of methoxy groups -OCH3 is 2. The Morgan fingerprint density at radius 1 is 1.00 bits per heavy atom. The molecule has 1 heterocycles. The number of ether oxygens (including phenoxy) is 3. The summed E-state index contributed by atoms with van der Waals surface area (Å²) in [5.41, 5.74) is -5.07. The number of hydrogen-bond donors (Lipinski definition) is 0. The van der Waals surface area contributed by atoms with E-state index in [0.29, 0.717) is 4.90 Å². The highest BCUT2D eigenvalue weighted by Gasteiger charge is 2.41. The van der Waals surface area contributed by atoms with Gasteiger partial charge in [-0.05, 0) is 18.2 Å². The summed E-state index contributed by atoms with van der Waals surface area (Å²) in [5.74, 6) is -2.35. The normalized spacial score (nSPS) is 15.5. The molecule has 0 unspecified atom stereocenters. The Balaban J connectivity index is 2.78. The minimum Gasteiger partial charge on any atom is -0.466 e. The predicted octanol–water partition coefficient (Wildman–Crippen LogP) is 3.12. The third-order valence-corrected chi connectivity index (χ3v) is 3.75. The van der Waals surface area contributed by atoms with Crippen LogP contribution in [0.15, 0.2) is 29.5 Å². The van der Waals surface area contributed by atoms with Crippen LogP contribution >= 0.6 is 0 Å². The summed E-state index contributed by atoms with van der Waals surface area (Å²) in [5, 5.41) is 0. The van der Waals surface area contributed by atoms with Gasteiger partial charge in [0.25, 0.3) is 0 Å². The van der Waals surface area contributed by atoms with Crippen LogP contribution in [0.5, 0.6) is 0 Å². The zero-order chi connectivity index (χ0) is 21.3. The van der Waals surface area contributed by atoms with E-state index in [1.807, 2.05) is 0 Å². The van der Waals surface area contributed by atoms with E-state index >= 15 is 0 Å². The molecule has 0 amide bonds. The summed E-state index contributed by atoms with van der Waals surface area (Å²) in [6, 6.07) is 0.717. The van der Waals surface area contributed by atoms with Gasteiger partial charge < -0.3 is 19.1 Å². The number of rotatable bonds is 3. The van der Waals surface area contributed by atoms with E-state index in [4.69, 9.17) is 4.74 Å². The summed E-state index contributed by atoms with van der Waals surface area (Å²) >= 11 is 0. The molecule has 0 aliphatic carbocycles. The zero-order valence-corrected chi connectivity index (χ0v) is 14.4. The molecule has 0 atom stereocenters. The summed E-state index contributed by atoms with van der Waals surface area (Å²) in [7, 11) is 1.85. The van der Waals surface area contributed by atoms with Crippen LogP contribution in [-0.2, 0) is 36.2 Å². The maximum absolute atomic E-state index is 13.4. The van der Waals surface area contributed by atoms with E-state index in [-0.39, 0.29) is 18.2 Å². The van der Waals surface area contributed by atoms with E-state index in [2.05, 4.69) is 9.47 Å². The molecule has 1 aliphatic heterocycles. The number of nitrogens with zero attached hydrogens (tertiary/aromatic N) is 1. The fraction of sp³-hybridized carbons (Fsp3) is 0.375. The number of carbonyl (C=O) groups is 2. The third kappa shape index (κ3) is 4.21. The van der Waals surface area contributed by atoms with Gasteiger partial charge in [0, 0.05) is 0 Å². The first-order chi connectivity index (χ1) is 12.9. The number of esters is 2. The molecule has 0 spiro atoms. The smallest absolute Gasteiger partial charge is 0.418 e. The molecule has 28 heavy (non-hydrogen) atoms. The van der Waals surface area contributed by atoms with Crippen LogP contribution < -0.4 is 4.90 Å². The van der Waals surface area contributed by atoms with Crippen molar-refractivity contribution < 1.29 is 50.1 Å². The summed E-state index contributed by atoms with van der Waals surface area (Å²) in [6.45, 7) is -1.23. The second-order valence-electron chi connectivity index (χ2n) is 5.44. The first-order valence-corrected chi connectivity index (χ1v) is 7.45. The van der Waals surface area contributed by atoms with Crippen LogP contribution in [0.3, 0.4) is 0 Å². The lowest BCUT2D eigenvalue weighted by molar-refractivity contribution is -0.141. The molecular weight excluding hydrogens is 400 g/mol. The van der Waals surface area contributed by atoms with E-state index in [0.717, 1.165) is 14.2 Å². The molecule has 0 saturated heterocycles. The fourth-order valence-corrected chi connectivity index (χ4v) is 2.50. The highest BCUT2D eigenvalue weighted by atomic mass is 19.4. The number of alkyl halides is 6. The second kappa shape index (κ2) is 7.70. The minimum atomic E-state index is -5.05. The van der Waals surface area contributed by atoms with Crippen molar-refractivity contribution in [3.05, 3.63) is 40.6 Å². The van der Waals surface area contributed by atoms with Crippen molar-refractivity contribution in [2.45, 2.75) is 12.4 Å². The largest absolute Gasteiger partial charge is 0.466 e. The Morgan fingerprint density at radius 2 is 1.61 bits per heavy atom. The fourth-order valence-electron chi connectivity index (χ4n) is 2.50. The predicted molar refractivity (Wildman–Crippen MR) is 80.8 cm³/mol. The highest BCUT2D eigenvalue weighted by Crippen LogP contribution is 2.42. The van der Waals surface area contributed by atoms with Crippen molar-refractivity contribution in [1.82, 2.24) is 0 Å². The van der Waals surface area contributed by atoms with Crippen LogP contribution in [0.1, 0.15) is 11.1 Å². The van der Waals surface area contributed by atoms with Crippen LogP contribution in [-0.4, -0.2) is 39.5 Å². The van der Waals surface area contributed by atoms with Crippen molar-refractivity contribution in [3.63, 3.8) is 0 Å². The first kappa shape index (κ1) is 21.5. The van der Waals surface area contributed by atoms with Gasteiger partial charge in [0.1, 0.15) is 12.4 Å². The van der Waals surface area contributed by atoms with Crippen LogP contribution in [0, 0.1) is 0 Å². The molecule has 1 aromatic rings. The molecule has 0 bridgehead atoms. The topological polar surface area (TPSA) is 65.1 Å². The Hall–Kier alpha value is -2.76. The Morgan fingerprint density at radius 3 is 2.11 bits per heavy atom. The molecule has 12 heteroatoms. The van der Waals surface area contributed by atoms with Gasteiger partial charge in [0.15, 0.2) is 0 Å². The number of halogens is 6. The van der Waals surface area contributed by atoms with Crippen molar-refractivity contribution in [3.8, 4) is 0 Å². The van der Waals surface area contributed by atoms with Gasteiger partial charge in [-0.25, -0.2) is 9.59 Å². The summed E-state index contributed by atoms with van der Waals surface area (Å²) in [4.78, 5) is 24.5. The summed E-state index contributed by atoms with van der Waals surface area (Å²) < 4.78 is 93.2. The van der Waals surface area contributed by atoms with E-state index in [1.165, 1.54) is 0 Å². The van der Waals surface area contributed by atoms with Gasteiger partial charge in [-0.3, -0.25) is 0 Å². The lowest BCUT2D eigenvalue weighted by atomic mass is 10.0. The number of carbonyl (C=O) groups excluding carboxylic acids is 2. The van der Waals surface area contributed by atoms with Crippen LogP contribution in [0.2, 0.25) is 0 Å². The van der Waals surface area contributed by atoms with Gasteiger partial charge in [0.05, 0.1) is 43.2 Å². The molecule has 0 radical (unpaired) electrons. The van der Waals surface area contributed by atoms with Gasteiger partial charge in [-0.1, -0.05) is 0 Å². The van der Waals surface area contributed by atoms with Gasteiger partial charge in [0.2, 0.25) is 0 Å². The quantitative estimate of drug-likeness (QED) is 0.561. The number of anilines is 1. The molecule has 0 fully saturated rings. The number of hydrogen-bond acceptors (Lipinski definition) is 6. The molecule has 2 rings (SSSR count). The van der Waals surface area contributed by atoms with Crippen molar-refractivity contribution in [2.24, 2.45) is 0 Å². The maximum Gasteiger partial charge on any atom is 0.418 e. The third-order valence-electron chi connectivity index (χ3n) is 3.75. The maximum atomic E-state index is 13.4. The van der Waals surface area contributed by atoms with Gasteiger partial charge in [-0.15, -0.1) is 0 Å². The van der Waals surface area contributed by atoms with Gasteiger partial charge >= 0.3 is 24.3 Å². The lowest BCUT2D eigenvalue weighted by Gasteiger charge is -2.33. The van der Waals surface area contributed by atoms with E-state index in [9.17, 15) is 35.9 Å². The molecule has 0 saturated carbocycles. The monoisotopic (exact) mass is 413 g/mol. The van der Waals surface area contributed by atoms with Crippen LogP contribution in [0.4, 0.5) is 32.0 Å². The molecule has 1 aromatic carbocycles. The molecule has 6 nitrogen and oxygen atoms in total. The van der Waals surface area contributed by atoms with Gasteiger partial charge in [-0.2, -0.15) is 26.3 Å². The summed E-state index contributed by atoms with van der Waals surface area (Å²) in [6.07, 6.45) is -10.0. The zero-order valence-electron chi connectivity index (χ0n) is 14.4. The number of benzene rings is 1. The molecule has 0 aromatic heterocycles. The second-order valence-corrected chi connectivity index (χ2v) is 5.44. The lowest BCUT2D eigenvalue weighted by Crippen LogP contribution is -2.39. The molecule has 154 valence electrons. The van der Waals surface area contributed by atoms with Crippen molar-refractivity contribution >= 4 is 17.6 Å². The Bertz CT molecular complexity index is 815. The molecular formula is C16H13F6NO5. The Kier molecular flexibility index (Phi) is 5.92. The first-order valence-electron chi connectivity index (χ1n) is 7.45. The SMILES string of the molecule is COC(=O)C1=C(C(=O)OC)N(c2cc(C(F)(F)F)ccc2C(F)(F)F)COC1. The molecule has 0 N–H and O–H groups in total. The average Bonchev–Trinajstić information content (AvgIpc) is 2.64. The minimum absolute atomic E-state index is 0.218. The van der Waals surface area contributed by atoms with E-state index < -0.39 is 65.7 Å².